The predicted octanol–water partition coefficient (Wildman–Crippen LogP) is 10.6. The fourth-order valence-corrected chi connectivity index (χ4v) is 6.10. The van der Waals surface area contributed by atoms with Crippen molar-refractivity contribution in [3.05, 3.63) is 113 Å². The molecule has 0 radical (unpaired) electrons. The van der Waals surface area contributed by atoms with Gasteiger partial charge >= 0.3 is 0 Å². The Kier molecular flexibility index (Phi) is 14.4. The summed E-state index contributed by atoms with van der Waals surface area (Å²) in [6, 6.07) is 32.7. The summed E-state index contributed by atoms with van der Waals surface area (Å²) in [6.07, 6.45) is 8.37. The molecule has 1 unspecified atom stereocenters. The Morgan fingerprint density at radius 3 is 1.62 bits per heavy atom. The topological polar surface area (TPSA) is 34.2 Å². The average Bonchev–Trinajstić information content (AvgIpc) is 3.11. The molecule has 0 heterocycles. The maximum atomic E-state index is 5.85. The summed E-state index contributed by atoms with van der Waals surface area (Å²) in [5, 5.41) is 0. The number of anilines is 2. The normalized spacial score (nSPS) is 11.6. The summed E-state index contributed by atoms with van der Waals surface area (Å²) >= 11 is 0. The summed E-state index contributed by atoms with van der Waals surface area (Å²) in [7, 11) is 5.22. The van der Waals surface area contributed by atoms with Gasteiger partial charge in [-0.05, 0) is 97.3 Å². The lowest BCUT2D eigenvalue weighted by molar-refractivity contribution is 0.413. The van der Waals surface area contributed by atoms with Crippen molar-refractivity contribution in [2.24, 2.45) is 0 Å². The molecule has 0 aromatic heterocycles. The van der Waals surface area contributed by atoms with Crippen molar-refractivity contribution >= 4 is 11.4 Å². The van der Waals surface area contributed by atoms with Crippen molar-refractivity contribution in [2.45, 2.75) is 84.7 Å². The molecule has 0 spiro atoms. The standard InChI is InChI=1S/C42H56N2O3/c1-7-8-9-11-26-44(32-36-18-24-41(46-5)25-19-36)39-28-37(29-42(30-39)47-6)34(3)13-10-12-27-43(38-20-14-33(2)15-21-38)31-35-16-22-40(45-4)23-17-35/h14-25,28-30,34H,7-13,26-27,31-32H2,1-6H3. The van der Waals surface area contributed by atoms with Crippen LogP contribution in [-0.2, 0) is 13.1 Å². The number of nitrogens with zero attached hydrogens (tertiary/aromatic N) is 2. The zero-order valence-electron chi connectivity index (χ0n) is 29.6. The van der Waals surface area contributed by atoms with E-state index in [0.717, 1.165) is 62.7 Å². The first kappa shape index (κ1) is 35.7. The van der Waals surface area contributed by atoms with Gasteiger partial charge in [0.05, 0.1) is 21.3 Å². The van der Waals surface area contributed by atoms with Crippen LogP contribution in [0, 0.1) is 6.92 Å². The van der Waals surface area contributed by atoms with Gasteiger partial charge in [0, 0.05) is 43.6 Å². The Morgan fingerprint density at radius 1 is 0.553 bits per heavy atom. The highest BCUT2D eigenvalue weighted by Gasteiger charge is 2.15. The Labute approximate surface area is 284 Å². The second-order valence-electron chi connectivity index (χ2n) is 12.8. The van der Waals surface area contributed by atoms with E-state index in [-0.39, 0.29) is 0 Å². The van der Waals surface area contributed by atoms with Gasteiger partial charge < -0.3 is 24.0 Å². The molecule has 0 aliphatic heterocycles. The predicted molar refractivity (Wildman–Crippen MR) is 199 cm³/mol. The van der Waals surface area contributed by atoms with Crippen LogP contribution in [0.5, 0.6) is 17.2 Å². The van der Waals surface area contributed by atoms with Crippen molar-refractivity contribution in [2.75, 3.05) is 44.2 Å². The van der Waals surface area contributed by atoms with Crippen molar-refractivity contribution in [3.8, 4) is 17.2 Å². The van der Waals surface area contributed by atoms with Crippen molar-refractivity contribution < 1.29 is 14.2 Å². The van der Waals surface area contributed by atoms with Crippen LogP contribution in [0.3, 0.4) is 0 Å². The lowest BCUT2D eigenvalue weighted by Crippen LogP contribution is -2.24. The molecule has 1 atom stereocenters. The van der Waals surface area contributed by atoms with Gasteiger partial charge in [0.1, 0.15) is 17.2 Å². The van der Waals surface area contributed by atoms with Crippen molar-refractivity contribution in [1.29, 1.82) is 0 Å². The highest BCUT2D eigenvalue weighted by atomic mass is 16.5. The van der Waals surface area contributed by atoms with Gasteiger partial charge in [0.25, 0.3) is 0 Å². The van der Waals surface area contributed by atoms with Crippen LogP contribution in [0.15, 0.2) is 91.0 Å². The fourth-order valence-electron chi connectivity index (χ4n) is 6.10. The van der Waals surface area contributed by atoms with E-state index < -0.39 is 0 Å². The number of hydrogen-bond acceptors (Lipinski definition) is 5. The number of unbranched alkanes of at least 4 members (excludes halogenated alkanes) is 4. The number of hydrogen-bond donors (Lipinski definition) is 0. The second-order valence-corrected chi connectivity index (χ2v) is 12.8. The molecule has 4 aromatic rings. The largest absolute Gasteiger partial charge is 0.497 e. The highest BCUT2D eigenvalue weighted by molar-refractivity contribution is 5.55. The minimum Gasteiger partial charge on any atom is -0.497 e. The lowest BCUT2D eigenvalue weighted by Gasteiger charge is -2.27. The molecule has 0 aliphatic rings. The van der Waals surface area contributed by atoms with E-state index in [1.807, 2.05) is 0 Å². The molecular formula is C42H56N2O3. The number of aryl methyl sites for hydroxylation is 1. The van der Waals surface area contributed by atoms with E-state index in [9.17, 15) is 0 Å². The first-order chi connectivity index (χ1) is 22.9. The third-order valence-electron chi connectivity index (χ3n) is 9.14. The number of benzene rings is 4. The number of ether oxygens (including phenoxy) is 3. The van der Waals surface area contributed by atoms with Crippen LogP contribution in [0.25, 0.3) is 0 Å². The molecule has 252 valence electrons. The third-order valence-corrected chi connectivity index (χ3v) is 9.14. The summed E-state index contributed by atoms with van der Waals surface area (Å²) in [6.45, 7) is 10.6. The zero-order valence-corrected chi connectivity index (χ0v) is 29.6. The van der Waals surface area contributed by atoms with Crippen molar-refractivity contribution in [1.82, 2.24) is 0 Å². The number of methoxy groups -OCH3 is 3. The van der Waals surface area contributed by atoms with Gasteiger partial charge in [0.2, 0.25) is 0 Å². The Morgan fingerprint density at radius 2 is 1.09 bits per heavy atom. The van der Waals surface area contributed by atoms with Crippen LogP contribution >= 0.6 is 0 Å². The first-order valence-corrected chi connectivity index (χ1v) is 17.4. The summed E-state index contributed by atoms with van der Waals surface area (Å²) in [5.74, 6) is 3.15. The lowest BCUT2D eigenvalue weighted by atomic mass is 9.94. The van der Waals surface area contributed by atoms with E-state index in [1.54, 1.807) is 21.3 Å². The van der Waals surface area contributed by atoms with E-state index in [4.69, 9.17) is 14.2 Å². The van der Waals surface area contributed by atoms with Crippen LogP contribution < -0.4 is 24.0 Å². The average molecular weight is 637 g/mol. The van der Waals surface area contributed by atoms with Gasteiger partial charge in [-0.15, -0.1) is 0 Å². The molecule has 5 nitrogen and oxygen atoms in total. The van der Waals surface area contributed by atoms with Gasteiger partial charge in [-0.1, -0.05) is 81.5 Å². The smallest absolute Gasteiger partial charge is 0.121 e. The van der Waals surface area contributed by atoms with Gasteiger partial charge in [-0.25, -0.2) is 0 Å². The molecule has 0 saturated heterocycles. The quantitative estimate of drug-likeness (QED) is 0.0902. The first-order valence-electron chi connectivity index (χ1n) is 17.4. The molecule has 0 saturated carbocycles. The second kappa shape index (κ2) is 18.9. The minimum absolute atomic E-state index is 0.432. The van der Waals surface area contributed by atoms with Gasteiger partial charge in [-0.3, -0.25) is 0 Å². The molecule has 0 amide bonds. The summed E-state index contributed by atoms with van der Waals surface area (Å²) in [5.41, 5.74) is 7.72. The van der Waals surface area contributed by atoms with E-state index in [1.165, 1.54) is 59.3 Å². The molecule has 5 heteroatoms. The van der Waals surface area contributed by atoms with Crippen LogP contribution in [-0.4, -0.2) is 34.4 Å². The van der Waals surface area contributed by atoms with Gasteiger partial charge in [0.15, 0.2) is 0 Å². The van der Waals surface area contributed by atoms with Crippen molar-refractivity contribution in [3.63, 3.8) is 0 Å². The Bertz CT molecular complexity index is 1450. The summed E-state index contributed by atoms with van der Waals surface area (Å²) < 4.78 is 16.6. The van der Waals surface area contributed by atoms with Crippen LogP contribution in [0.2, 0.25) is 0 Å². The van der Waals surface area contributed by atoms with Gasteiger partial charge in [-0.2, -0.15) is 0 Å². The molecule has 0 fully saturated rings. The minimum atomic E-state index is 0.432. The maximum Gasteiger partial charge on any atom is 0.121 e. The molecule has 0 bridgehead atoms. The molecular weight excluding hydrogens is 580 g/mol. The fraction of sp³-hybridized carbons (Fsp3) is 0.429. The van der Waals surface area contributed by atoms with Crippen LogP contribution in [0.4, 0.5) is 11.4 Å². The van der Waals surface area contributed by atoms with Crippen LogP contribution in [0.1, 0.15) is 87.0 Å². The highest BCUT2D eigenvalue weighted by Crippen LogP contribution is 2.32. The molecule has 47 heavy (non-hydrogen) atoms. The van der Waals surface area contributed by atoms with E-state index >= 15 is 0 Å². The maximum absolute atomic E-state index is 5.85. The van der Waals surface area contributed by atoms with E-state index in [0.29, 0.717) is 5.92 Å². The molecule has 4 rings (SSSR count). The Hall–Kier alpha value is -4.12. The van der Waals surface area contributed by atoms with E-state index in [2.05, 4.69) is 122 Å². The number of rotatable bonds is 20. The monoisotopic (exact) mass is 636 g/mol. The third kappa shape index (κ3) is 11.3. The molecule has 0 N–H and O–H groups in total. The SMILES string of the molecule is CCCCCCN(Cc1ccc(OC)cc1)c1cc(OC)cc(C(C)CCCCN(Cc2ccc(OC)cc2)c2ccc(C)cc2)c1. The molecule has 4 aromatic carbocycles. The zero-order chi connectivity index (χ0) is 33.4. The summed E-state index contributed by atoms with van der Waals surface area (Å²) in [4.78, 5) is 5.03. The molecule has 0 aliphatic carbocycles. The Balaban J connectivity index is 1.43.